The number of H-pyrrole nitrogens is 1. The maximum atomic E-state index is 4.24. The summed E-state index contributed by atoms with van der Waals surface area (Å²) in [5.74, 6) is 5.05. The van der Waals surface area contributed by atoms with Gasteiger partial charge >= 0.3 is 0 Å². The highest BCUT2D eigenvalue weighted by Crippen LogP contribution is 2.48. The van der Waals surface area contributed by atoms with E-state index < -0.39 is 0 Å². The molecule has 4 heteroatoms. The molecule has 1 aromatic rings. The van der Waals surface area contributed by atoms with E-state index in [0.29, 0.717) is 5.92 Å². The van der Waals surface area contributed by atoms with Crippen LogP contribution in [0.2, 0.25) is 0 Å². The van der Waals surface area contributed by atoms with Crippen molar-refractivity contribution in [3.05, 3.63) is 5.82 Å². The van der Waals surface area contributed by atoms with Gasteiger partial charge in [-0.15, -0.1) is 10.2 Å². The van der Waals surface area contributed by atoms with Gasteiger partial charge in [0.15, 0.2) is 5.82 Å². The summed E-state index contributed by atoms with van der Waals surface area (Å²) < 4.78 is 0. The Kier molecular flexibility index (Phi) is 3.35. The summed E-state index contributed by atoms with van der Waals surface area (Å²) in [5, 5.41) is 14.8. The standard InChI is InChI=1S/C14H24N4/c1-3-11-8-12-7-10(6-9(11)2)4-5-13(12)14-15-17-18-16-14/h9-13H,3-8H2,1-2H3,(H,15,16,17,18). The highest BCUT2D eigenvalue weighted by molar-refractivity contribution is 5.00. The third-order valence-corrected chi connectivity index (χ3v) is 5.42. The predicted octanol–water partition coefficient (Wildman–Crippen LogP) is 3.16. The summed E-state index contributed by atoms with van der Waals surface area (Å²) in [5.41, 5.74) is 0. The zero-order valence-electron chi connectivity index (χ0n) is 11.5. The number of rotatable bonds is 2. The Bertz CT molecular complexity index is 375. The summed E-state index contributed by atoms with van der Waals surface area (Å²) in [6.45, 7) is 4.80. The van der Waals surface area contributed by atoms with E-state index >= 15 is 0 Å². The Morgan fingerprint density at radius 2 is 2.11 bits per heavy atom. The molecule has 0 aromatic carbocycles. The first kappa shape index (κ1) is 12.1. The topological polar surface area (TPSA) is 54.5 Å². The van der Waals surface area contributed by atoms with Crippen LogP contribution in [0, 0.1) is 23.7 Å². The SMILES string of the molecule is CCC1CC2CC(CCC2c2nn[nH]n2)CC1C. The molecule has 2 bridgehead atoms. The summed E-state index contributed by atoms with van der Waals surface area (Å²) >= 11 is 0. The van der Waals surface area contributed by atoms with Gasteiger partial charge in [-0.3, -0.25) is 0 Å². The molecule has 0 saturated heterocycles. The molecule has 4 nitrogen and oxygen atoms in total. The first-order valence-electron chi connectivity index (χ1n) is 7.51. The molecule has 0 amide bonds. The molecule has 2 saturated carbocycles. The van der Waals surface area contributed by atoms with Crippen molar-refractivity contribution in [2.24, 2.45) is 23.7 Å². The first-order chi connectivity index (χ1) is 8.78. The number of nitrogens with one attached hydrogen (secondary N) is 1. The molecule has 2 aliphatic carbocycles. The van der Waals surface area contributed by atoms with Crippen LogP contribution >= 0.6 is 0 Å². The minimum absolute atomic E-state index is 0.555. The van der Waals surface area contributed by atoms with Crippen molar-refractivity contribution in [1.82, 2.24) is 20.6 Å². The molecule has 1 N–H and O–H groups in total. The zero-order valence-corrected chi connectivity index (χ0v) is 11.5. The molecule has 5 atom stereocenters. The van der Waals surface area contributed by atoms with Crippen LogP contribution in [0.4, 0.5) is 0 Å². The first-order valence-corrected chi connectivity index (χ1v) is 7.51. The number of nitrogens with zero attached hydrogens (tertiary/aromatic N) is 3. The van der Waals surface area contributed by atoms with Gasteiger partial charge in [0, 0.05) is 5.92 Å². The van der Waals surface area contributed by atoms with Crippen molar-refractivity contribution in [3.8, 4) is 0 Å². The van der Waals surface area contributed by atoms with Gasteiger partial charge in [0.05, 0.1) is 0 Å². The molecule has 18 heavy (non-hydrogen) atoms. The van der Waals surface area contributed by atoms with Crippen molar-refractivity contribution >= 4 is 0 Å². The molecule has 1 aromatic heterocycles. The van der Waals surface area contributed by atoms with Crippen LogP contribution in [-0.4, -0.2) is 20.6 Å². The second-order valence-electron chi connectivity index (χ2n) is 6.43. The molecule has 0 aliphatic heterocycles. The van der Waals surface area contributed by atoms with E-state index in [1.165, 1.54) is 38.5 Å². The van der Waals surface area contributed by atoms with Crippen LogP contribution < -0.4 is 0 Å². The lowest BCUT2D eigenvalue weighted by molar-refractivity contribution is 0.220. The third-order valence-electron chi connectivity index (χ3n) is 5.42. The molecule has 0 radical (unpaired) electrons. The molecular formula is C14H24N4. The van der Waals surface area contributed by atoms with Gasteiger partial charge in [0.2, 0.25) is 0 Å². The lowest BCUT2D eigenvalue weighted by Gasteiger charge is -2.33. The monoisotopic (exact) mass is 248 g/mol. The fourth-order valence-electron chi connectivity index (χ4n) is 4.41. The van der Waals surface area contributed by atoms with Crippen LogP contribution in [0.25, 0.3) is 0 Å². The van der Waals surface area contributed by atoms with Crippen molar-refractivity contribution in [2.45, 2.75) is 58.3 Å². The summed E-state index contributed by atoms with van der Waals surface area (Å²) in [4.78, 5) is 0. The predicted molar refractivity (Wildman–Crippen MR) is 69.9 cm³/mol. The van der Waals surface area contributed by atoms with Crippen LogP contribution in [-0.2, 0) is 0 Å². The summed E-state index contributed by atoms with van der Waals surface area (Å²) in [6, 6.07) is 0. The average molecular weight is 248 g/mol. The number of aromatic nitrogens is 4. The minimum Gasteiger partial charge on any atom is -0.177 e. The van der Waals surface area contributed by atoms with Crippen molar-refractivity contribution < 1.29 is 0 Å². The second kappa shape index (κ2) is 4.98. The van der Waals surface area contributed by atoms with Crippen molar-refractivity contribution in [1.29, 1.82) is 0 Å². The Morgan fingerprint density at radius 1 is 1.22 bits per heavy atom. The van der Waals surface area contributed by atoms with Crippen LogP contribution in [0.5, 0.6) is 0 Å². The summed E-state index contributed by atoms with van der Waals surface area (Å²) in [7, 11) is 0. The van der Waals surface area contributed by atoms with Crippen molar-refractivity contribution in [2.75, 3.05) is 0 Å². The molecule has 100 valence electrons. The molecular weight excluding hydrogens is 224 g/mol. The van der Waals surface area contributed by atoms with E-state index in [4.69, 9.17) is 0 Å². The largest absolute Gasteiger partial charge is 0.177 e. The van der Waals surface area contributed by atoms with E-state index in [1.54, 1.807) is 0 Å². The minimum atomic E-state index is 0.555. The van der Waals surface area contributed by atoms with Gasteiger partial charge in [-0.25, -0.2) is 0 Å². The van der Waals surface area contributed by atoms with Crippen LogP contribution in [0.3, 0.4) is 0 Å². The molecule has 2 aliphatic rings. The molecule has 2 fully saturated rings. The molecule has 0 spiro atoms. The zero-order chi connectivity index (χ0) is 12.5. The average Bonchev–Trinajstić information content (AvgIpc) is 2.85. The number of hydrogen-bond donors (Lipinski definition) is 1. The van der Waals surface area contributed by atoms with Crippen molar-refractivity contribution in [3.63, 3.8) is 0 Å². The van der Waals surface area contributed by atoms with E-state index in [0.717, 1.165) is 29.5 Å². The van der Waals surface area contributed by atoms with Crippen LogP contribution in [0.15, 0.2) is 0 Å². The fourth-order valence-corrected chi connectivity index (χ4v) is 4.41. The Hall–Kier alpha value is -0.930. The van der Waals surface area contributed by atoms with Gasteiger partial charge in [-0.1, -0.05) is 25.5 Å². The lowest BCUT2D eigenvalue weighted by Crippen LogP contribution is -2.23. The Balaban J connectivity index is 1.81. The third kappa shape index (κ3) is 2.17. The number of hydrogen-bond acceptors (Lipinski definition) is 3. The smallest absolute Gasteiger partial charge is 0.177 e. The van der Waals surface area contributed by atoms with E-state index in [9.17, 15) is 0 Å². The second-order valence-corrected chi connectivity index (χ2v) is 6.43. The van der Waals surface area contributed by atoms with Gasteiger partial charge in [-0.05, 0) is 55.8 Å². The quantitative estimate of drug-likeness (QED) is 0.874. The van der Waals surface area contributed by atoms with Crippen LogP contribution in [0.1, 0.15) is 64.1 Å². The Labute approximate surface area is 109 Å². The van der Waals surface area contributed by atoms with E-state index in [2.05, 4.69) is 34.5 Å². The normalized spacial score (nSPS) is 40.4. The van der Waals surface area contributed by atoms with Gasteiger partial charge in [-0.2, -0.15) is 5.21 Å². The van der Waals surface area contributed by atoms with E-state index in [1.807, 2.05) is 0 Å². The number of tetrazole rings is 1. The lowest BCUT2D eigenvalue weighted by atomic mass is 9.72. The highest BCUT2D eigenvalue weighted by atomic mass is 15.5. The number of aromatic amines is 1. The van der Waals surface area contributed by atoms with E-state index in [-0.39, 0.29) is 0 Å². The van der Waals surface area contributed by atoms with Gasteiger partial charge in [0.1, 0.15) is 0 Å². The summed E-state index contributed by atoms with van der Waals surface area (Å²) in [6.07, 6.45) is 8.14. The maximum Gasteiger partial charge on any atom is 0.177 e. The number of fused-ring (bicyclic) bond motifs is 2. The fraction of sp³-hybridized carbons (Fsp3) is 0.929. The molecule has 5 unspecified atom stereocenters. The van der Waals surface area contributed by atoms with Gasteiger partial charge in [0.25, 0.3) is 0 Å². The Morgan fingerprint density at radius 3 is 2.83 bits per heavy atom. The maximum absolute atomic E-state index is 4.24. The highest BCUT2D eigenvalue weighted by Gasteiger charge is 2.39. The molecule has 3 rings (SSSR count). The van der Waals surface area contributed by atoms with Gasteiger partial charge < -0.3 is 0 Å². The molecule has 1 heterocycles.